The van der Waals surface area contributed by atoms with Crippen LogP contribution >= 0.6 is 0 Å². The van der Waals surface area contributed by atoms with Gasteiger partial charge in [0.15, 0.2) is 0 Å². The average molecular weight is 215 g/mol. The smallest absolute Gasteiger partial charge is 0.351 e. The van der Waals surface area contributed by atoms with Gasteiger partial charge >= 0.3 is 5.97 Å². The second-order valence-electron chi connectivity index (χ2n) is 3.24. The molecule has 0 spiro atoms. The minimum Gasteiger partial charge on any atom is -0.752 e. The summed E-state index contributed by atoms with van der Waals surface area (Å²) in [5, 5.41) is 11.4. The van der Waals surface area contributed by atoms with Gasteiger partial charge < -0.3 is 14.9 Å². The molecule has 0 radical (unpaired) electrons. The molecule has 0 fully saturated rings. The highest BCUT2D eigenvalue weighted by Crippen LogP contribution is 1.97. The van der Waals surface area contributed by atoms with Crippen LogP contribution in [0.5, 0.6) is 0 Å². The molecule has 0 bridgehead atoms. The molecule has 0 unspecified atom stereocenters. The molecule has 5 heteroatoms. The van der Waals surface area contributed by atoms with Gasteiger partial charge in [0.05, 0.1) is 0 Å². The van der Waals surface area contributed by atoms with Gasteiger partial charge in [0.25, 0.3) is 0 Å². The molecule has 15 heavy (non-hydrogen) atoms. The zero-order valence-electron chi connectivity index (χ0n) is 9.65. The molecule has 0 N–H and O–H groups in total. The maximum absolute atomic E-state index is 11.1. The van der Waals surface area contributed by atoms with Gasteiger partial charge in [-0.25, -0.2) is 10.0 Å². The molecule has 0 rings (SSSR count). The van der Waals surface area contributed by atoms with Crippen LogP contribution in [0.3, 0.4) is 0 Å². The van der Waals surface area contributed by atoms with Crippen molar-refractivity contribution in [1.29, 1.82) is 0 Å². The number of nitrogens with zero attached hydrogens (tertiary/aromatic N) is 2. The van der Waals surface area contributed by atoms with E-state index in [-0.39, 0.29) is 12.1 Å². The van der Waals surface area contributed by atoms with Crippen molar-refractivity contribution in [2.24, 2.45) is 0 Å². The molecule has 0 atom stereocenters. The van der Waals surface area contributed by atoms with E-state index in [1.807, 2.05) is 13.8 Å². The van der Waals surface area contributed by atoms with E-state index in [1.165, 1.54) is 6.92 Å². The maximum atomic E-state index is 11.1. The van der Waals surface area contributed by atoms with Crippen molar-refractivity contribution in [3.8, 4) is 0 Å². The van der Waals surface area contributed by atoms with Gasteiger partial charge in [-0.1, -0.05) is 20.4 Å². The van der Waals surface area contributed by atoms with E-state index >= 15 is 0 Å². The van der Waals surface area contributed by atoms with Gasteiger partial charge in [-0.15, -0.1) is 0 Å². The molecule has 0 aliphatic rings. The minimum atomic E-state index is -0.676. The second kappa shape index (κ2) is 7.39. The zero-order chi connectivity index (χ0) is 11.8. The Bertz CT molecular complexity index is 215. The summed E-state index contributed by atoms with van der Waals surface area (Å²) in [4.78, 5) is 17.5. The molecule has 0 amide bonds. The third-order valence-corrected chi connectivity index (χ3v) is 2.03. The van der Waals surface area contributed by atoms with Gasteiger partial charge in [0.2, 0.25) is 0 Å². The first-order valence-corrected chi connectivity index (χ1v) is 5.06. The molecule has 5 nitrogen and oxygen atoms in total. The fraction of sp³-hybridized carbons (Fsp3) is 0.700. The van der Waals surface area contributed by atoms with Crippen molar-refractivity contribution in [2.45, 2.75) is 20.8 Å². The monoisotopic (exact) mass is 215 g/mol. The number of hydrogen-bond acceptors (Lipinski definition) is 5. The van der Waals surface area contributed by atoms with Crippen LogP contribution in [0.4, 0.5) is 0 Å². The third kappa shape index (κ3) is 6.22. The molecule has 88 valence electrons. The van der Waals surface area contributed by atoms with Crippen LogP contribution in [0, 0.1) is 5.21 Å². The van der Waals surface area contributed by atoms with Crippen LogP contribution in [-0.2, 0) is 9.63 Å². The number of carbonyl (C=O) groups excluding carboxylic acids is 1. The topological polar surface area (TPSA) is 55.8 Å². The van der Waals surface area contributed by atoms with Gasteiger partial charge in [0.1, 0.15) is 0 Å². The number of carbonyl (C=O) groups is 1. The van der Waals surface area contributed by atoms with Gasteiger partial charge in [-0.3, -0.25) is 0 Å². The van der Waals surface area contributed by atoms with E-state index in [4.69, 9.17) is 0 Å². The molecule has 0 saturated carbocycles. The fourth-order valence-corrected chi connectivity index (χ4v) is 0.979. The number of rotatable bonds is 7. The quantitative estimate of drug-likeness (QED) is 0.471. The predicted molar refractivity (Wildman–Crippen MR) is 58.8 cm³/mol. The standard InChI is InChI=1S/C10H19N2O3/c1-5-11(6-2)7-8-12(14)15-10(13)9(3)4/h3,5-8H2,1-2,4H3/q-1. The SMILES string of the molecule is C=C(C)C(=O)ON([O-])CCN(CC)CC. The lowest BCUT2D eigenvalue weighted by Gasteiger charge is -2.28. The van der Waals surface area contributed by atoms with E-state index < -0.39 is 5.97 Å². The normalized spacial score (nSPS) is 10.8. The molecule has 0 aromatic carbocycles. The Kier molecular flexibility index (Phi) is 6.94. The van der Waals surface area contributed by atoms with Crippen molar-refractivity contribution in [3.63, 3.8) is 0 Å². The Hall–Kier alpha value is -0.910. The van der Waals surface area contributed by atoms with Crippen LogP contribution in [0.1, 0.15) is 20.8 Å². The van der Waals surface area contributed by atoms with Crippen LogP contribution in [0.15, 0.2) is 12.2 Å². The van der Waals surface area contributed by atoms with E-state index in [1.54, 1.807) is 0 Å². The van der Waals surface area contributed by atoms with Crippen LogP contribution in [0.25, 0.3) is 0 Å². The van der Waals surface area contributed by atoms with Crippen molar-refractivity contribution in [2.75, 3.05) is 26.2 Å². The van der Waals surface area contributed by atoms with Crippen molar-refractivity contribution in [3.05, 3.63) is 17.4 Å². The van der Waals surface area contributed by atoms with Gasteiger partial charge in [-0.05, 0) is 20.0 Å². The van der Waals surface area contributed by atoms with E-state index in [9.17, 15) is 10.0 Å². The van der Waals surface area contributed by atoms with Crippen LogP contribution in [0.2, 0.25) is 0 Å². The fourth-order valence-electron chi connectivity index (χ4n) is 0.979. The summed E-state index contributed by atoms with van der Waals surface area (Å²) >= 11 is 0. The Morgan fingerprint density at radius 3 is 2.27 bits per heavy atom. The molecule has 0 saturated heterocycles. The molecule has 0 aromatic heterocycles. The first-order valence-electron chi connectivity index (χ1n) is 5.06. The maximum Gasteiger partial charge on any atom is 0.351 e. The van der Waals surface area contributed by atoms with E-state index in [0.717, 1.165) is 13.1 Å². The lowest BCUT2D eigenvalue weighted by Crippen LogP contribution is -2.33. The van der Waals surface area contributed by atoms with Crippen molar-refractivity contribution < 1.29 is 9.63 Å². The largest absolute Gasteiger partial charge is 0.752 e. The van der Waals surface area contributed by atoms with E-state index in [2.05, 4.69) is 16.3 Å². The summed E-state index contributed by atoms with van der Waals surface area (Å²) in [6, 6.07) is 0. The summed E-state index contributed by atoms with van der Waals surface area (Å²) < 4.78 is 0. The summed E-state index contributed by atoms with van der Waals surface area (Å²) in [6.45, 7) is 11.4. The van der Waals surface area contributed by atoms with Gasteiger partial charge in [0, 0.05) is 18.7 Å². The van der Waals surface area contributed by atoms with Crippen LogP contribution < -0.4 is 0 Å². The predicted octanol–water partition coefficient (Wildman–Crippen LogP) is 1.16. The van der Waals surface area contributed by atoms with Gasteiger partial charge in [-0.2, -0.15) is 0 Å². The first-order chi connectivity index (χ1) is 7.01. The molecule has 0 aromatic rings. The lowest BCUT2D eigenvalue weighted by molar-refractivity contribution is -0.173. The van der Waals surface area contributed by atoms with Crippen molar-refractivity contribution in [1.82, 2.24) is 10.1 Å². The first kappa shape index (κ1) is 14.1. The Balaban J connectivity index is 3.79. The summed E-state index contributed by atoms with van der Waals surface area (Å²) in [5.74, 6) is -0.676. The summed E-state index contributed by atoms with van der Waals surface area (Å²) in [5.41, 5.74) is 0.221. The Morgan fingerprint density at radius 2 is 1.87 bits per heavy atom. The molecule has 0 aliphatic carbocycles. The number of hydrogen-bond donors (Lipinski definition) is 0. The molecular weight excluding hydrogens is 196 g/mol. The highest BCUT2D eigenvalue weighted by Gasteiger charge is 2.05. The molecule has 0 aliphatic heterocycles. The van der Waals surface area contributed by atoms with E-state index in [0.29, 0.717) is 11.8 Å². The lowest BCUT2D eigenvalue weighted by atomic mass is 10.4. The number of hydroxylamine groups is 2. The zero-order valence-corrected chi connectivity index (χ0v) is 9.65. The summed E-state index contributed by atoms with van der Waals surface area (Å²) in [7, 11) is 0. The minimum absolute atomic E-state index is 0.153. The van der Waals surface area contributed by atoms with Crippen molar-refractivity contribution >= 4 is 5.97 Å². The summed E-state index contributed by atoms with van der Waals surface area (Å²) in [6.07, 6.45) is 0. The Morgan fingerprint density at radius 1 is 1.33 bits per heavy atom. The third-order valence-electron chi connectivity index (χ3n) is 2.03. The second-order valence-corrected chi connectivity index (χ2v) is 3.24. The average Bonchev–Trinajstić information content (AvgIpc) is 2.19. The highest BCUT2D eigenvalue weighted by molar-refractivity contribution is 5.86. The number of likely N-dealkylation sites (N-methyl/N-ethyl adjacent to an activating group) is 1. The Labute approximate surface area is 90.8 Å². The molecular formula is C10H19N2O3-. The van der Waals surface area contributed by atoms with Crippen LogP contribution in [-0.4, -0.2) is 42.3 Å². The highest BCUT2D eigenvalue weighted by atomic mass is 16.9. The molecule has 0 heterocycles.